The van der Waals surface area contributed by atoms with Gasteiger partial charge in [-0.1, -0.05) is 35.9 Å². The summed E-state index contributed by atoms with van der Waals surface area (Å²) in [5, 5.41) is 0.564. The fraction of sp³-hybridized carbons (Fsp3) is 0.143. The Kier molecular flexibility index (Phi) is 3.37. The molecular formula is C14H12ClF2N. The van der Waals surface area contributed by atoms with E-state index in [9.17, 15) is 8.78 Å². The third-order valence-electron chi connectivity index (χ3n) is 2.96. The monoisotopic (exact) mass is 267 g/mol. The predicted octanol–water partition coefficient (Wildman–Crippen LogP) is 3.84. The van der Waals surface area contributed by atoms with E-state index in [1.165, 1.54) is 12.1 Å². The lowest BCUT2D eigenvalue weighted by atomic mass is 9.85. The maximum Gasteiger partial charge on any atom is 0.164 e. The largest absolute Gasteiger partial charge is 0.318 e. The fourth-order valence-corrected chi connectivity index (χ4v) is 1.98. The van der Waals surface area contributed by atoms with Crippen molar-refractivity contribution in [1.82, 2.24) is 0 Å². The molecule has 2 rings (SSSR count). The molecule has 0 spiro atoms. The Bertz CT molecular complexity index is 565. The summed E-state index contributed by atoms with van der Waals surface area (Å²) in [5.74, 6) is -1.82. The molecule has 2 aromatic carbocycles. The van der Waals surface area contributed by atoms with Crippen molar-refractivity contribution in [3.05, 3.63) is 70.2 Å². The van der Waals surface area contributed by atoms with Gasteiger partial charge in [0.25, 0.3) is 0 Å². The number of hydrogen-bond acceptors (Lipinski definition) is 1. The maximum atomic E-state index is 13.8. The molecule has 0 aromatic heterocycles. The number of hydrogen-bond donors (Lipinski definition) is 1. The van der Waals surface area contributed by atoms with Gasteiger partial charge in [0.2, 0.25) is 0 Å². The van der Waals surface area contributed by atoms with Gasteiger partial charge in [0.1, 0.15) is 0 Å². The zero-order valence-electron chi connectivity index (χ0n) is 9.75. The second-order valence-corrected chi connectivity index (χ2v) is 4.75. The average molecular weight is 268 g/mol. The number of benzene rings is 2. The molecule has 0 radical (unpaired) electrons. The fourth-order valence-electron chi connectivity index (χ4n) is 1.86. The highest BCUT2D eigenvalue weighted by Gasteiger charge is 2.28. The van der Waals surface area contributed by atoms with Crippen molar-refractivity contribution in [2.75, 3.05) is 0 Å². The van der Waals surface area contributed by atoms with Crippen LogP contribution in [-0.4, -0.2) is 0 Å². The van der Waals surface area contributed by atoms with Crippen LogP contribution >= 0.6 is 11.6 Å². The Morgan fingerprint density at radius 2 is 1.67 bits per heavy atom. The van der Waals surface area contributed by atoms with E-state index in [0.29, 0.717) is 10.6 Å². The molecule has 94 valence electrons. The first-order valence-corrected chi connectivity index (χ1v) is 5.80. The van der Waals surface area contributed by atoms with E-state index in [4.69, 9.17) is 17.3 Å². The summed E-state index contributed by atoms with van der Waals surface area (Å²) >= 11 is 5.79. The van der Waals surface area contributed by atoms with Crippen LogP contribution in [0, 0.1) is 11.6 Å². The Morgan fingerprint density at radius 3 is 2.28 bits per heavy atom. The van der Waals surface area contributed by atoms with Gasteiger partial charge in [-0.3, -0.25) is 0 Å². The lowest BCUT2D eigenvalue weighted by Crippen LogP contribution is -2.35. The third kappa shape index (κ3) is 2.24. The van der Waals surface area contributed by atoms with E-state index in [0.717, 1.165) is 6.07 Å². The highest BCUT2D eigenvalue weighted by molar-refractivity contribution is 6.30. The zero-order valence-corrected chi connectivity index (χ0v) is 10.5. The molecule has 0 aliphatic heterocycles. The van der Waals surface area contributed by atoms with E-state index in [1.54, 1.807) is 31.2 Å². The molecule has 0 saturated heterocycles. The van der Waals surface area contributed by atoms with Crippen LogP contribution in [0.5, 0.6) is 0 Å². The van der Waals surface area contributed by atoms with Gasteiger partial charge in [0.05, 0.1) is 5.54 Å². The average Bonchev–Trinajstić information content (AvgIpc) is 2.33. The van der Waals surface area contributed by atoms with Crippen LogP contribution in [0.15, 0.2) is 42.5 Å². The second kappa shape index (κ2) is 4.67. The topological polar surface area (TPSA) is 26.0 Å². The quantitative estimate of drug-likeness (QED) is 0.879. The van der Waals surface area contributed by atoms with Gasteiger partial charge in [-0.2, -0.15) is 0 Å². The number of nitrogens with two attached hydrogens (primary N) is 1. The van der Waals surface area contributed by atoms with Crippen molar-refractivity contribution >= 4 is 11.6 Å². The third-order valence-corrected chi connectivity index (χ3v) is 3.21. The lowest BCUT2D eigenvalue weighted by molar-refractivity contribution is 0.468. The molecule has 0 amide bonds. The SMILES string of the molecule is CC(N)(c1ccc(Cl)cc1)c1cccc(F)c1F. The zero-order chi connectivity index (χ0) is 13.3. The summed E-state index contributed by atoms with van der Waals surface area (Å²) < 4.78 is 27.0. The minimum Gasteiger partial charge on any atom is -0.318 e. The molecular weight excluding hydrogens is 256 g/mol. The van der Waals surface area contributed by atoms with Gasteiger partial charge in [-0.15, -0.1) is 0 Å². The Hall–Kier alpha value is -1.45. The summed E-state index contributed by atoms with van der Waals surface area (Å²) in [6.45, 7) is 1.63. The van der Waals surface area contributed by atoms with Crippen LogP contribution in [0.25, 0.3) is 0 Å². The van der Waals surface area contributed by atoms with Gasteiger partial charge < -0.3 is 5.73 Å². The minimum absolute atomic E-state index is 0.116. The summed E-state index contributed by atoms with van der Waals surface area (Å²) in [7, 11) is 0. The normalized spacial score (nSPS) is 14.3. The highest BCUT2D eigenvalue weighted by Crippen LogP contribution is 2.30. The molecule has 1 unspecified atom stereocenters. The molecule has 2 N–H and O–H groups in total. The molecule has 0 fully saturated rings. The van der Waals surface area contributed by atoms with Crippen molar-refractivity contribution in [1.29, 1.82) is 0 Å². The highest BCUT2D eigenvalue weighted by atomic mass is 35.5. The van der Waals surface area contributed by atoms with Crippen molar-refractivity contribution in [3.8, 4) is 0 Å². The smallest absolute Gasteiger partial charge is 0.164 e. The molecule has 0 aliphatic carbocycles. The summed E-state index contributed by atoms with van der Waals surface area (Å²) in [4.78, 5) is 0. The molecule has 0 heterocycles. The first-order chi connectivity index (χ1) is 8.43. The molecule has 1 nitrogen and oxygen atoms in total. The molecule has 0 bridgehead atoms. The van der Waals surface area contributed by atoms with E-state index in [2.05, 4.69) is 0 Å². The Morgan fingerprint density at radius 1 is 1.06 bits per heavy atom. The number of rotatable bonds is 2. The van der Waals surface area contributed by atoms with Crippen LogP contribution in [0.4, 0.5) is 8.78 Å². The summed E-state index contributed by atoms with van der Waals surface area (Å²) in [6.07, 6.45) is 0. The van der Waals surface area contributed by atoms with Crippen molar-refractivity contribution in [2.24, 2.45) is 5.73 Å². The predicted molar refractivity (Wildman–Crippen MR) is 68.5 cm³/mol. The summed E-state index contributed by atoms with van der Waals surface area (Å²) in [5.41, 5.74) is 5.79. The van der Waals surface area contributed by atoms with Gasteiger partial charge in [0, 0.05) is 10.6 Å². The Labute approximate surface area is 109 Å². The van der Waals surface area contributed by atoms with E-state index >= 15 is 0 Å². The van der Waals surface area contributed by atoms with Crippen molar-refractivity contribution < 1.29 is 8.78 Å². The molecule has 18 heavy (non-hydrogen) atoms. The first kappa shape index (κ1) is 13.0. The van der Waals surface area contributed by atoms with Crippen LogP contribution in [-0.2, 0) is 5.54 Å². The van der Waals surface area contributed by atoms with Gasteiger partial charge in [0.15, 0.2) is 11.6 Å². The molecule has 2 aromatic rings. The second-order valence-electron chi connectivity index (χ2n) is 4.31. The standard InChI is InChI=1S/C14H12ClF2N/c1-14(18,9-5-7-10(15)8-6-9)11-3-2-4-12(16)13(11)17/h2-8H,18H2,1H3. The van der Waals surface area contributed by atoms with Crippen molar-refractivity contribution in [2.45, 2.75) is 12.5 Å². The van der Waals surface area contributed by atoms with E-state index in [-0.39, 0.29) is 5.56 Å². The van der Waals surface area contributed by atoms with Crippen LogP contribution in [0.1, 0.15) is 18.1 Å². The van der Waals surface area contributed by atoms with Crippen LogP contribution in [0.3, 0.4) is 0 Å². The van der Waals surface area contributed by atoms with Gasteiger partial charge in [-0.05, 0) is 30.7 Å². The van der Waals surface area contributed by atoms with Crippen molar-refractivity contribution in [3.63, 3.8) is 0 Å². The van der Waals surface area contributed by atoms with E-state index < -0.39 is 17.2 Å². The van der Waals surface area contributed by atoms with Crippen LogP contribution < -0.4 is 5.73 Å². The number of halogens is 3. The minimum atomic E-state index is -1.11. The first-order valence-electron chi connectivity index (χ1n) is 5.42. The molecule has 4 heteroatoms. The van der Waals surface area contributed by atoms with E-state index in [1.807, 2.05) is 0 Å². The molecule has 1 atom stereocenters. The van der Waals surface area contributed by atoms with Crippen LogP contribution in [0.2, 0.25) is 5.02 Å². The summed E-state index contributed by atoms with van der Waals surface area (Å²) in [6, 6.07) is 10.7. The lowest BCUT2D eigenvalue weighted by Gasteiger charge is -2.26. The van der Waals surface area contributed by atoms with Gasteiger partial charge in [-0.25, -0.2) is 8.78 Å². The Balaban J connectivity index is 2.54. The van der Waals surface area contributed by atoms with Gasteiger partial charge >= 0.3 is 0 Å². The molecule has 0 saturated carbocycles. The maximum absolute atomic E-state index is 13.8. The molecule has 0 aliphatic rings.